The number of aromatic nitrogens is 4. The lowest BCUT2D eigenvalue weighted by Gasteiger charge is -2.18. The molecule has 1 saturated carbocycles. The maximum atomic E-state index is 12.4. The number of nitrogens with zero attached hydrogens (tertiary/aromatic N) is 4. The molecule has 0 saturated heterocycles. The summed E-state index contributed by atoms with van der Waals surface area (Å²) in [4.78, 5) is 16.7. The molecule has 3 rings (SSSR count). The van der Waals surface area contributed by atoms with Crippen molar-refractivity contribution in [1.29, 1.82) is 0 Å². The van der Waals surface area contributed by atoms with Crippen molar-refractivity contribution >= 4 is 5.91 Å². The highest BCUT2D eigenvalue weighted by atomic mass is 16.5. The van der Waals surface area contributed by atoms with Crippen LogP contribution in [0.5, 0.6) is 0 Å². The topological polar surface area (TPSA) is 85.8 Å². The quantitative estimate of drug-likeness (QED) is 0.845. The van der Waals surface area contributed by atoms with E-state index in [2.05, 4.69) is 20.6 Å². The summed E-state index contributed by atoms with van der Waals surface area (Å²) in [6.07, 6.45) is 4.89. The van der Waals surface area contributed by atoms with Gasteiger partial charge in [0.2, 0.25) is 5.91 Å². The van der Waals surface area contributed by atoms with Crippen LogP contribution in [0.4, 0.5) is 0 Å². The first-order chi connectivity index (χ1) is 11.1. The van der Waals surface area contributed by atoms with Gasteiger partial charge in [-0.3, -0.25) is 4.79 Å². The molecule has 2 aromatic rings. The molecule has 0 aliphatic heterocycles. The molecule has 1 amide bonds. The Morgan fingerprint density at radius 2 is 2.26 bits per heavy atom. The van der Waals surface area contributed by atoms with Crippen molar-refractivity contribution in [3.63, 3.8) is 0 Å². The number of carbonyl (C=O) groups is 1. The highest BCUT2D eigenvalue weighted by molar-refractivity contribution is 5.76. The zero-order valence-electron chi connectivity index (χ0n) is 13.9. The second-order valence-corrected chi connectivity index (χ2v) is 6.12. The lowest BCUT2D eigenvalue weighted by atomic mass is 10.1. The number of rotatable bonds is 7. The van der Waals surface area contributed by atoms with Crippen molar-refractivity contribution in [2.75, 3.05) is 0 Å². The van der Waals surface area contributed by atoms with Crippen LogP contribution in [-0.2, 0) is 17.8 Å². The van der Waals surface area contributed by atoms with Crippen LogP contribution in [0.1, 0.15) is 55.1 Å². The minimum atomic E-state index is -0.0328. The number of carbonyl (C=O) groups excluding carboxylic acids is 1. The Morgan fingerprint density at radius 3 is 2.87 bits per heavy atom. The smallest absolute Gasteiger partial charge is 0.220 e. The molecule has 0 spiro atoms. The molecule has 7 heteroatoms. The van der Waals surface area contributed by atoms with E-state index in [-0.39, 0.29) is 11.9 Å². The summed E-state index contributed by atoms with van der Waals surface area (Å²) in [6, 6.07) is -0.0328. The summed E-state index contributed by atoms with van der Waals surface area (Å²) in [5.74, 6) is 2.17. The summed E-state index contributed by atoms with van der Waals surface area (Å²) in [7, 11) is 0. The fourth-order valence-electron chi connectivity index (χ4n) is 2.92. The maximum absolute atomic E-state index is 12.4. The van der Waals surface area contributed by atoms with Gasteiger partial charge < -0.3 is 9.84 Å². The largest absolute Gasteiger partial charge is 0.361 e. The third kappa shape index (κ3) is 3.43. The van der Waals surface area contributed by atoms with Gasteiger partial charge in [0.15, 0.2) is 0 Å². The summed E-state index contributed by atoms with van der Waals surface area (Å²) in [6.45, 7) is 6.57. The predicted octanol–water partition coefficient (Wildman–Crippen LogP) is 2.10. The van der Waals surface area contributed by atoms with Gasteiger partial charge in [0, 0.05) is 18.5 Å². The Balaban J connectivity index is 1.63. The van der Waals surface area contributed by atoms with Gasteiger partial charge in [-0.1, -0.05) is 5.16 Å². The molecular weight excluding hydrogens is 294 g/mol. The molecule has 2 heterocycles. The fraction of sp³-hybridized carbons (Fsp3) is 0.625. The van der Waals surface area contributed by atoms with Crippen molar-refractivity contribution in [3.8, 4) is 0 Å². The normalized spacial score (nSPS) is 15.6. The lowest BCUT2D eigenvalue weighted by Crippen LogP contribution is -2.32. The van der Waals surface area contributed by atoms with Gasteiger partial charge in [-0.05, 0) is 46.0 Å². The first kappa shape index (κ1) is 15.7. The van der Waals surface area contributed by atoms with Crippen molar-refractivity contribution in [3.05, 3.63) is 29.2 Å². The van der Waals surface area contributed by atoms with Gasteiger partial charge in [0.1, 0.15) is 17.9 Å². The standard InChI is InChI=1S/C16H23N5O2/c1-4-21-16(17-9-18-21)15(12-5-6-12)19-14(22)8-7-13-10(2)20-23-11(13)3/h9,12,15H,4-8H2,1-3H3,(H,19,22)/t15-/m1/s1. The van der Waals surface area contributed by atoms with E-state index in [0.29, 0.717) is 18.8 Å². The summed E-state index contributed by atoms with van der Waals surface area (Å²) < 4.78 is 7.00. The van der Waals surface area contributed by atoms with Crippen LogP contribution in [0.15, 0.2) is 10.9 Å². The molecule has 0 radical (unpaired) electrons. The third-order valence-electron chi connectivity index (χ3n) is 4.42. The van der Waals surface area contributed by atoms with Crippen molar-refractivity contribution < 1.29 is 9.32 Å². The molecule has 0 unspecified atom stereocenters. The Bertz CT molecular complexity index is 667. The van der Waals surface area contributed by atoms with E-state index in [0.717, 1.165) is 42.2 Å². The zero-order chi connectivity index (χ0) is 16.4. The van der Waals surface area contributed by atoms with Crippen LogP contribution < -0.4 is 5.32 Å². The summed E-state index contributed by atoms with van der Waals surface area (Å²) in [5, 5.41) is 11.3. The molecule has 1 atom stereocenters. The van der Waals surface area contributed by atoms with Crippen molar-refractivity contribution in [2.45, 2.75) is 59.0 Å². The molecule has 124 valence electrons. The number of aryl methyl sites for hydroxylation is 3. The number of hydrogen-bond acceptors (Lipinski definition) is 5. The van der Waals surface area contributed by atoms with Gasteiger partial charge >= 0.3 is 0 Å². The van der Waals surface area contributed by atoms with Gasteiger partial charge in [-0.25, -0.2) is 9.67 Å². The van der Waals surface area contributed by atoms with Crippen molar-refractivity contribution in [2.24, 2.45) is 5.92 Å². The Morgan fingerprint density at radius 1 is 1.48 bits per heavy atom. The molecule has 7 nitrogen and oxygen atoms in total. The van der Waals surface area contributed by atoms with E-state index in [1.807, 2.05) is 25.5 Å². The van der Waals surface area contributed by atoms with Crippen molar-refractivity contribution in [1.82, 2.24) is 25.2 Å². The van der Waals surface area contributed by atoms with Gasteiger partial charge in [0.25, 0.3) is 0 Å². The number of nitrogens with one attached hydrogen (secondary N) is 1. The minimum Gasteiger partial charge on any atom is -0.361 e. The molecule has 23 heavy (non-hydrogen) atoms. The van der Waals surface area contributed by atoms with Crippen LogP contribution >= 0.6 is 0 Å². The van der Waals surface area contributed by atoms with Gasteiger partial charge in [-0.15, -0.1) is 0 Å². The van der Waals surface area contributed by atoms with E-state index in [4.69, 9.17) is 4.52 Å². The van der Waals surface area contributed by atoms with Crippen LogP contribution in [0.2, 0.25) is 0 Å². The SMILES string of the molecule is CCn1ncnc1[C@H](NC(=O)CCc1c(C)noc1C)C1CC1. The second-order valence-electron chi connectivity index (χ2n) is 6.12. The van der Waals surface area contributed by atoms with Crippen LogP contribution in [0.3, 0.4) is 0 Å². The van der Waals surface area contributed by atoms with E-state index in [9.17, 15) is 4.79 Å². The first-order valence-corrected chi connectivity index (χ1v) is 8.19. The first-order valence-electron chi connectivity index (χ1n) is 8.19. The van der Waals surface area contributed by atoms with Gasteiger partial charge in [-0.2, -0.15) is 5.10 Å². The summed E-state index contributed by atoms with van der Waals surface area (Å²) in [5.41, 5.74) is 1.89. The van der Waals surface area contributed by atoms with E-state index in [1.165, 1.54) is 0 Å². The van der Waals surface area contributed by atoms with E-state index in [1.54, 1.807) is 6.33 Å². The highest BCUT2D eigenvalue weighted by Crippen LogP contribution is 2.40. The molecular formula is C16H23N5O2. The highest BCUT2D eigenvalue weighted by Gasteiger charge is 2.36. The molecule has 2 aromatic heterocycles. The molecule has 1 N–H and O–H groups in total. The van der Waals surface area contributed by atoms with Gasteiger partial charge in [0.05, 0.1) is 11.7 Å². The van der Waals surface area contributed by atoms with E-state index >= 15 is 0 Å². The Hall–Kier alpha value is -2.18. The predicted molar refractivity (Wildman–Crippen MR) is 83.6 cm³/mol. The molecule has 1 aliphatic carbocycles. The molecule has 1 fully saturated rings. The molecule has 0 bridgehead atoms. The molecule has 1 aliphatic rings. The second kappa shape index (κ2) is 6.52. The van der Waals surface area contributed by atoms with Crippen LogP contribution in [0.25, 0.3) is 0 Å². The third-order valence-corrected chi connectivity index (χ3v) is 4.42. The molecule has 0 aromatic carbocycles. The number of amides is 1. The summed E-state index contributed by atoms with van der Waals surface area (Å²) >= 11 is 0. The Kier molecular flexibility index (Phi) is 4.45. The average Bonchev–Trinajstić information content (AvgIpc) is 3.18. The minimum absolute atomic E-state index is 0.0328. The maximum Gasteiger partial charge on any atom is 0.220 e. The monoisotopic (exact) mass is 317 g/mol. The van der Waals surface area contributed by atoms with Crippen LogP contribution in [0, 0.1) is 19.8 Å². The fourth-order valence-corrected chi connectivity index (χ4v) is 2.92. The Labute approximate surface area is 135 Å². The van der Waals surface area contributed by atoms with Crippen LogP contribution in [-0.4, -0.2) is 25.8 Å². The zero-order valence-corrected chi connectivity index (χ0v) is 13.9. The van der Waals surface area contributed by atoms with E-state index < -0.39 is 0 Å². The average molecular weight is 317 g/mol. The lowest BCUT2D eigenvalue weighted by molar-refractivity contribution is -0.122. The number of hydrogen-bond donors (Lipinski definition) is 1.